The molecule has 0 saturated carbocycles. The number of hydrogen-bond acceptors (Lipinski definition) is 11. The van der Waals surface area contributed by atoms with Gasteiger partial charge in [0, 0.05) is 31.7 Å². The van der Waals surface area contributed by atoms with Crippen molar-refractivity contribution in [3.63, 3.8) is 0 Å². The van der Waals surface area contributed by atoms with Crippen molar-refractivity contribution in [1.82, 2.24) is 25.3 Å². The van der Waals surface area contributed by atoms with E-state index in [0.717, 1.165) is 21.1 Å². The fourth-order valence-electron chi connectivity index (χ4n) is 5.04. The van der Waals surface area contributed by atoms with Gasteiger partial charge in [0.15, 0.2) is 5.13 Å². The number of thiazole rings is 1. The minimum Gasteiger partial charge on any atom is -0.444 e. The Morgan fingerprint density at radius 1 is 0.857 bits per heavy atom. The molecule has 4 N–H and O–H groups in total. The summed E-state index contributed by atoms with van der Waals surface area (Å²) in [4.78, 5) is 46.4. The fourth-order valence-corrected chi connectivity index (χ4v) is 6.28. The highest BCUT2D eigenvalue weighted by atomic mass is 32.1. The molecule has 4 aromatic rings. The van der Waals surface area contributed by atoms with Gasteiger partial charge in [0.05, 0.1) is 22.7 Å². The van der Waals surface area contributed by atoms with E-state index in [0.29, 0.717) is 18.5 Å². The molecular formula is C35H44N6O6S2. The van der Waals surface area contributed by atoms with Crippen LogP contribution >= 0.6 is 22.9 Å². The van der Waals surface area contributed by atoms with E-state index >= 15 is 0 Å². The summed E-state index contributed by atoms with van der Waals surface area (Å²) in [5, 5.41) is 22.8. The molecule has 0 aliphatic carbocycles. The minimum atomic E-state index is -1.07. The van der Waals surface area contributed by atoms with Crippen molar-refractivity contribution in [3.8, 4) is 0 Å². The monoisotopic (exact) mass is 708 g/mol. The molecule has 0 aliphatic heterocycles. The third-order valence-electron chi connectivity index (χ3n) is 7.60. The van der Waals surface area contributed by atoms with Gasteiger partial charge < -0.3 is 35.4 Å². The zero-order chi connectivity index (χ0) is 35.2. The molecule has 14 heteroatoms. The topological polar surface area (TPSA) is 155 Å². The average Bonchev–Trinajstić information content (AvgIpc) is 3.79. The zero-order valence-electron chi connectivity index (χ0n) is 28.1. The Hall–Kier alpha value is -4.53. The number of benzene rings is 2. The van der Waals surface area contributed by atoms with Crippen molar-refractivity contribution in [2.45, 2.75) is 70.6 Å². The lowest BCUT2D eigenvalue weighted by Gasteiger charge is -2.30. The molecule has 0 spiro atoms. The molecular weight excluding hydrogens is 665 g/mol. The van der Waals surface area contributed by atoms with Crippen LogP contribution in [0.25, 0.3) is 0 Å². The SMILES string of the molecule is CC(C)[C@H](NC(=O)OCc1csc(N(C)C)n1)C(=O)N[C@@H](Cc1ccccc1)[C@@H](O)C[C@H](Cc1ccccc1)NC(=O)OCc1ccns1. The Morgan fingerprint density at radius 3 is 2.08 bits per heavy atom. The second kappa shape index (κ2) is 18.9. The van der Waals surface area contributed by atoms with E-state index < -0.39 is 42.3 Å². The third kappa shape index (κ3) is 12.5. The molecule has 0 unspecified atom stereocenters. The number of amides is 3. The number of nitrogens with one attached hydrogen (secondary N) is 3. The lowest BCUT2D eigenvalue weighted by molar-refractivity contribution is -0.125. The van der Waals surface area contributed by atoms with Crippen molar-refractivity contribution in [2.75, 3.05) is 19.0 Å². The number of rotatable bonds is 17. The Bertz CT molecular complexity index is 1590. The molecule has 0 radical (unpaired) electrons. The molecule has 2 aromatic carbocycles. The molecule has 12 nitrogen and oxygen atoms in total. The van der Waals surface area contributed by atoms with Crippen molar-refractivity contribution in [1.29, 1.82) is 0 Å². The molecule has 49 heavy (non-hydrogen) atoms. The van der Waals surface area contributed by atoms with Gasteiger partial charge in [0.25, 0.3) is 0 Å². The predicted molar refractivity (Wildman–Crippen MR) is 190 cm³/mol. The van der Waals surface area contributed by atoms with E-state index in [2.05, 4.69) is 25.3 Å². The van der Waals surface area contributed by atoms with Crippen LogP contribution in [-0.2, 0) is 40.3 Å². The van der Waals surface area contributed by atoms with Crippen LogP contribution in [-0.4, -0.2) is 70.9 Å². The molecule has 3 amide bonds. The number of aliphatic hydroxyl groups is 1. The molecule has 0 saturated heterocycles. The largest absolute Gasteiger partial charge is 0.444 e. The van der Waals surface area contributed by atoms with Crippen LogP contribution < -0.4 is 20.9 Å². The maximum absolute atomic E-state index is 13.7. The van der Waals surface area contributed by atoms with Crippen molar-refractivity contribution in [2.24, 2.45) is 5.92 Å². The van der Waals surface area contributed by atoms with Crippen LogP contribution in [0.5, 0.6) is 0 Å². The average molecular weight is 709 g/mol. The second-order valence-electron chi connectivity index (χ2n) is 12.2. The number of ether oxygens (including phenoxy) is 2. The van der Waals surface area contributed by atoms with E-state index in [1.807, 2.05) is 98.9 Å². The van der Waals surface area contributed by atoms with Gasteiger partial charge in [0.2, 0.25) is 5.91 Å². The van der Waals surface area contributed by atoms with E-state index in [1.165, 1.54) is 22.9 Å². The van der Waals surface area contributed by atoms with Crippen LogP contribution in [0, 0.1) is 5.92 Å². The number of hydrogen-bond donors (Lipinski definition) is 4. The standard InChI is InChI=1S/C35H44N6O6S2/c1-23(2)31(40-35(45)46-20-27-22-48-33(37-27)41(3)4)32(43)39-29(18-25-13-9-6-10-14-25)30(42)19-26(17-24-11-7-5-8-12-24)38-34(44)47-21-28-15-16-36-49-28/h5-16,22-23,26,29-31,42H,17-21H2,1-4H3,(H,38,44)(H,39,43)(H,40,45)/t26-,29-,30-,31-/m0/s1. The summed E-state index contributed by atoms with van der Waals surface area (Å²) >= 11 is 2.68. The van der Waals surface area contributed by atoms with E-state index in [4.69, 9.17) is 9.47 Å². The Kier molecular flexibility index (Phi) is 14.4. The van der Waals surface area contributed by atoms with Gasteiger partial charge in [-0.1, -0.05) is 74.5 Å². The fraction of sp³-hybridized carbons (Fsp3) is 0.400. The Balaban J connectivity index is 1.44. The summed E-state index contributed by atoms with van der Waals surface area (Å²) < 4.78 is 14.8. The zero-order valence-corrected chi connectivity index (χ0v) is 29.7. The summed E-state index contributed by atoms with van der Waals surface area (Å²) in [5.41, 5.74) is 2.47. The lowest BCUT2D eigenvalue weighted by Crippen LogP contribution is -2.56. The Labute approximate surface area is 295 Å². The number of aliphatic hydroxyl groups excluding tert-OH is 1. The molecule has 262 valence electrons. The number of carbonyl (C=O) groups is 3. The maximum atomic E-state index is 13.7. The van der Waals surface area contributed by atoms with Crippen molar-refractivity contribution >= 4 is 46.1 Å². The summed E-state index contributed by atoms with van der Waals surface area (Å²) in [7, 11) is 3.76. The minimum absolute atomic E-state index is 0.0413. The van der Waals surface area contributed by atoms with Gasteiger partial charge in [-0.3, -0.25) is 4.79 Å². The van der Waals surface area contributed by atoms with E-state index in [-0.39, 0.29) is 25.6 Å². The first-order chi connectivity index (χ1) is 23.6. The summed E-state index contributed by atoms with van der Waals surface area (Å²) in [5.74, 6) is -0.755. The molecule has 4 rings (SSSR count). The first-order valence-electron chi connectivity index (χ1n) is 16.0. The first-order valence-corrected chi connectivity index (χ1v) is 17.7. The van der Waals surface area contributed by atoms with Crippen LogP contribution in [0.2, 0.25) is 0 Å². The van der Waals surface area contributed by atoms with Crippen LogP contribution in [0.3, 0.4) is 0 Å². The van der Waals surface area contributed by atoms with Gasteiger partial charge in [0.1, 0.15) is 19.3 Å². The summed E-state index contributed by atoms with van der Waals surface area (Å²) in [6.07, 6.45) is 0.0525. The highest BCUT2D eigenvalue weighted by Crippen LogP contribution is 2.19. The van der Waals surface area contributed by atoms with Crippen LogP contribution in [0.4, 0.5) is 14.7 Å². The molecule has 0 fully saturated rings. The first kappa shape index (κ1) is 37.3. The molecule has 4 atom stereocenters. The van der Waals surface area contributed by atoms with E-state index in [1.54, 1.807) is 12.3 Å². The highest BCUT2D eigenvalue weighted by Gasteiger charge is 2.31. The number of aromatic nitrogens is 2. The third-order valence-corrected chi connectivity index (χ3v) is 9.37. The normalized spacial score (nSPS) is 13.5. The second-order valence-corrected chi connectivity index (χ2v) is 13.9. The van der Waals surface area contributed by atoms with Crippen LogP contribution in [0.1, 0.15) is 42.0 Å². The summed E-state index contributed by atoms with van der Waals surface area (Å²) in [6.45, 7) is 3.67. The van der Waals surface area contributed by atoms with Gasteiger partial charge in [-0.15, -0.1) is 11.3 Å². The molecule has 2 aromatic heterocycles. The van der Waals surface area contributed by atoms with Gasteiger partial charge >= 0.3 is 12.2 Å². The van der Waals surface area contributed by atoms with Gasteiger partial charge in [-0.05, 0) is 53.9 Å². The predicted octanol–water partition coefficient (Wildman–Crippen LogP) is 4.93. The van der Waals surface area contributed by atoms with Gasteiger partial charge in [-0.2, -0.15) is 0 Å². The molecule has 2 heterocycles. The smallest absolute Gasteiger partial charge is 0.408 e. The lowest BCUT2D eigenvalue weighted by atomic mass is 9.93. The number of alkyl carbamates (subject to hydrolysis) is 2. The maximum Gasteiger partial charge on any atom is 0.408 e. The molecule has 0 aliphatic rings. The number of carbonyl (C=O) groups excluding carboxylic acids is 3. The van der Waals surface area contributed by atoms with E-state index in [9.17, 15) is 19.5 Å². The summed E-state index contributed by atoms with van der Waals surface area (Å²) in [6, 6.07) is 18.7. The molecule has 0 bridgehead atoms. The van der Waals surface area contributed by atoms with Crippen molar-refractivity contribution in [3.05, 3.63) is 100 Å². The Morgan fingerprint density at radius 2 is 1.49 bits per heavy atom. The highest BCUT2D eigenvalue weighted by molar-refractivity contribution is 7.13. The number of anilines is 1. The van der Waals surface area contributed by atoms with Crippen molar-refractivity contribution < 1.29 is 29.0 Å². The number of nitrogens with zero attached hydrogens (tertiary/aromatic N) is 3. The van der Waals surface area contributed by atoms with Gasteiger partial charge in [-0.25, -0.2) is 18.9 Å². The quantitative estimate of drug-likeness (QED) is 0.120. The van der Waals surface area contributed by atoms with Crippen LogP contribution in [0.15, 0.2) is 78.3 Å².